The van der Waals surface area contributed by atoms with Gasteiger partial charge < -0.3 is 5.32 Å². The molecule has 22 heavy (non-hydrogen) atoms. The molecule has 0 radical (unpaired) electrons. The number of nitrogens with zero attached hydrogens (tertiary/aromatic N) is 1. The third-order valence-corrected chi connectivity index (χ3v) is 4.12. The molecule has 0 saturated carbocycles. The van der Waals surface area contributed by atoms with Crippen LogP contribution in [0.15, 0.2) is 30.3 Å². The Kier molecular flexibility index (Phi) is 4.72. The van der Waals surface area contributed by atoms with Crippen LogP contribution < -0.4 is 5.32 Å². The van der Waals surface area contributed by atoms with Gasteiger partial charge in [-0.15, -0.1) is 0 Å². The average molecular weight is 316 g/mol. The van der Waals surface area contributed by atoms with E-state index in [1.165, 1.54) is 12.1 Å². The Morgan fingerprint density at radius 1 is 1.23 bits per heavy atom. The quantitative estimate of drug-likeness (QED) is 0.521. The number of carbonyl (C=O) groups excluding carboxylic acids is 1. The van der Waals surface area contributed by atoms with Crippen molar-refractivity contribution in [3.63, 3.8) is 0 Å². The largest absolute Gasteiger partial charge is 0.324 e. The third-order valence-electron chi connectivity index (χ3n) is 3.12. The van der Waals surface area contributed by atoms with Crippen molar-refractivity contribution < 1.29 is 9.72 Å². The second-order valence-corrected chi connectivity index (χ2v) is 6.12. The fourth-order valence-corrected chi connectivity index (χ4v) is 2.95. The molecular weight excluding hydrogens is 300 g/mol. The van der Waals surface area contributed by atoms with Crippen molar-refractivity contribution in [2.45, 2.75) is 20.8 Å². The van der Waals surface area contributed by atoms with E-state index in [4.69, 9.17) is 0 Å². The molecule has 0 atom stereocenters. The smallest absolute Gasteiger partial charge is 0.322 e. The predicted octanol–water partition coefficient (Wildman–Crippen LogP) is 4.23. The van der Waals surface area contributed by atoms with E-state index in [0.29, 0.717) is 4.88 Å². The number of nitro groups is 1. The number of anilines is 1. The molecule has 114 valence electrons. The van der Waals surface area contributed by atoms with Gasteiger partial charge in [-0.1, -0.05) is 29.0 Å². The second kappa shape index (κ2) is 6.53. The summed E-state index contributed by atoms with van der Waals surface area (Å²) in [6, 6.07) is 7.06. The highest BCUT2D eigenvalue weighted by Gasteiger charge is 2.09. The molecular formula is C16H16N2O3S. The van der Waals surface area contributed by atoms with Gasteiger partial charge in [-0.05, 0) is 44.0 Å². The number of amides is 1. The zero-order chi connectivity index (χ0) is 16.3. The minimum absolute atomic E-state index is 0.0604. The van der Waals surface area contributed by atoms with Crippen LogP contribution in [-0.2, 0) is 4.79 Å². The fraction of sp³-hybridized carbons (Fsp3) is 0.188. The van der Waals surface area contributed by atoms with Gasteiger partial charge in [0.05, 0.1) is 4.92 Å². The molecule has 0 unspecified atom stereocenters. The number of nitrogens with one attached hydrogen (secondary N) is 1. The van der Waals surface area contributed by atoms with Crippen molar-refractivity contribution in [3.8, 4) is 0 Å². The Labute approximate surface area is 132 Å². The highest BCUT2D eigenvalue weighted by Crippen LogP contribution is 2.25. The molecule has 1 aromatic carbocycles. The lowest BCUT2D eigenvalue weighted by Crippen LogP contribution is -2.10. The van der Waals surface area contributed by atoms with E-state index in [2.05, 4.69) is 5.32 Å². The van der Waals surface area contributed by atoms with Gasteiger partial charge in [0.1, 0.15) is 0 Å². The summed E-state index contributed by atoms with van der Waals surface area (Å²) in [5, 5.41) is 13.5. The first-order valence-corrected chi connectivity index (χ1v) is 7.49. The van der Waals surface area contributed by atoms with Gasteiger partial charge in [0.15, 0.2) is 0 Å². The van der Waals surface area contributed by atoms with Gasteiger partial charge in [0.2, 0.25) is 5.91 Å². The maximum Gasteiger partial charge on any atom is 0.324 e. The van der Waals surface area contributed by atoms with Gasteiger partial charge in [-0.25, -0.2) is 0 Å². The van der Waals surface area contributed by atoms with Crippen LogP contribution in [0.1, 0.15) is 21.6 Å². The lowest BCUT2D eigenvalue weighted by atomic mass is 10.1. The minimum atomic E-state index is -0.443. The predicted molar refractivity (Wildman–Crippen MR) is 89.3 cm³/mol. The molecule has 2 rings (SSSR count). The lowest BCUT2D eigenvalue weighted by Gasteiger charge is -2.11. The minimum Gasteiger partial charge on any atom is -0.322 e. The topological polar surface area (TPSA) is 72.2 Å². The molecule has 6 heteroatoms. The molecule has 1 aromatic heterocycles. The first kappa shape index (κ1) is 15.9. The van der Waals surface area contributed by atoms with E-state index in [9.17, 15) is 14.9 Å². The van der Waals surface area contributed by atoms with E-state index < -0.39 is 4.92 Å². The zero-order valence-corrected chi connectivity index (χ0v) is 13.4. The number of hydrogen-bond acceptors (Lipinski definition) is 4. The van der Waals surface area contributed by atoms with Gasteiger partial charge >= 0.3 is 5.00 Å². The number of aryl methyl sites for hydroxylation is 3. The van der Waals surface area contributed by atoms with E-state index in [0.717, 1.165) is 33.7 Å². The van der Waals surface area contributed by atoms with E-state index in [1.54, 1.807) is 12.1 Å². The number of carbonyl (C=O) groups is 1. The monoisotopic (exact) mass is 316 g/mol. The number of hydrogen-bond donors (Lipinski definition) is 1. The van der Waals surface area contributed by atoms with Crippen LogP contribution in [-0.4, -0.2) is 10.8 Å². The maximum atomic E-state index is 12.0. The number of benzene rings is 1. The molecule has 1 heterocycles. The molecule has 0 fully saturated rings. The summed E-state index contributed by atoms with van der Waals surface area (Å²) in [5.74, 6) is -0.258. The van der Waals surface area contributed by atoms with Crippen molar-refractivity contribution >= 4 is 34.0 Å². The molecule has 0 spiro atoms. The molecule has 0 aliphatic heterocycles. The Morgan fingerprint density at radius 2 is 1.86 bits per heavy atom. The molecule has 2 aromatic rings. The van der Waals surface area contributed by atoms with E-state index >= 15 is 0 Å². The van der Waals surface area contributed by atoms with Crippen molar-refractivity contribution in [1.82, 2.24) is 0 Å². The first-order chi connectivity index (χ1) is 10.4. The number of thiophene rings is 1. The highest BCUT2D eigenvalue weighted by molar-refractivity contribution is 7.16. The van der Waals surface area contributed by atoms with Crippen molar-refractivity contribution in [1.29, 1.82) is 0 Å². The highest BCUT2D eigenvalue weighted by atomic mass is 32.1. The van der Waals surface area contributed by atoms with Crippen LogP contribution in [0.25, 0.3) is 6.08 Å². The van der Waals surface area contributed by atoms with Crippen LogP contribution >= 0.6 is 11.3 Å². The summed E-state index contributed by atoms with van der Waals surface area (Å²) in [5.41, 5.74) is 3.96. The molecule has 1 N–H and O–H groups in total. The Balaban J connectivity index is 2.09. The summed E-state index contributed by atoms with van der Waals surface area (Å²) in [7, 11) is 0. The van der Waals surface area contributed by atoms with Crippen LogP contribution in [0.2, 0.25) is 0 Å². The van der Waals surface area contributed by atoms with E-state index in [-0.39, 0.29) is 10.9 Å². The first-order valence-electron chi connectivity index (χ1n) is 6.68. The SMILES string of the molecule is Cc1cc(C)c(NC(=O)/C=C/c2ccc([N+](=O)[O-])s2)c(C)c1. The van der Waals surface area contributed by atoms with Gasteiger partial charge in [-0.2, -0.15) is 0 Å². The van der Waals surface area contributed by atoms with Crippen LogP contribution in [0.3, 0.4) is 0 Å². The number of rotatable bonds is 4. The fourth-order valence-electron chi connectivity index (χ4n) is 2.23. The lowest BCUT2D eigenvalue weighted by molar-refractivity contribution is -0.380. The van der Waals surface area contributed by atoms with Crippen molar-refractivity contribution in [2.24, 2.45) is 0 Å². The summed E-state index contributed by atoms with van der Waals surface area (Å²) >= 11 is 1.03. The Bertz CT molecular complexity index is 739. The van der Waals surface area contributed by atoms with Gasteiger partial charge in [0.25, 0.3) is 0 Å². The molecule has 0 aliphatic rings. The van der Waals surface area contributed by atoms with E-state index in [1.807, 2.05) is 32.9 Å². The average Bonchev–Trinajstić information content (AvgIpc) is 2.89. The summed E-state index contributed by atoms with van der Waals surface area (Å²) in [6.45, 7) is 5.90. The van der Waals surface area contributed by atoms with Gasteiger partial charge in [0, 0.05) is 22.7 Å². The van der Waals surface area contributed by atoms with Crippen molar-refractivity contribution in [3.05, 3.63) is 62.0 Å². The van der Waals surface area contributed by atoms with Crippen LogP contribution in [0.4, 0.5) is 10.7 Å². The summed E-state index contributed by atoms with van der Waals surface area (Å²) in [6.07, 6.45) is 2.96. The molecule has 0 aliphatic carbocycles. The summed E-state index contributed by atoms with van der Waals surface area (Å²) in [4.78, 5) is 22.8. The van der Waals surface area contributed by atoms with Crippen molar-refractivity contribution in [2.75, 3.05) is 5.32 Å². The third kappa shape index (κ3) is 3.79. The Hall–Kier alpha value is -2.47. The normalized spacial score (nSPS) is 10.9. The van der Waals surface area contributed by atoms with Crippen LogP contribution in [0.5, 0.6) is 0 Å². The molecule has 5 nitrogen and oxygen atoms in total. The standard InChI is InChI=1S/C16H16N2O3S/c1-10-8-11(2)16(12(3)9-10)17-14(19)6-4-13-5-7-15(22-13)18(20)21/h4-9H,1-3H3,(H,17,19)/b6-4+. The Morgan fingerprint density at radius 3 is 2.41 bits per heavy atom. The van der Waals surface area contributed by atoms with Gasteiger partial charge in [-0.3, -0.25) is 14.9 Å². The van der Waals surface area contributed by atoms with Crippen LogP contribution in [0, 0.1) is 30.9 Å². The zero-order valence-electron chi connectivity index (χ0n) is 12.5. The summed E-state index contributed by atoms with van der Waals surface area (Å²) < 4.78 is 0. The molecule has 0 saturated heterocycles. The maximum absolute atomic E-state index is 12.0. The molecule has 1 amide bonds. The molecule has 0 bridgehead atoms. The second-order valence-electron chi connectivity index (χ2n) is 5.03.